The van der Waals surface area contributed by atoms with Crippen LogP contribution >= 0.6 is 23.5 Å². The first-order chi connectivity index (χ1) is 14.6. The summed E-state index contributed by atoms with van der Waals surface area (Å²) in [5, 5.41) is 9.72. The number of carbonyl (C=O) groups is 1. The SMILES string of the molecule is CCCc1ccc(C#N)c(SC(C)C(=O)N2c3ccccc3Sc3ccccc32)n1. The van der Waals surface area contributed by atoms with Crippen LogP contribution in [0.15, 0.2) is 75.5 Å². The van der Waals surface area contributed by atoms with Gasteiger partial charge in [-0.1, -0.05) is 61.1 Å². The minimum absolute atomic E-state index is 0.0215. The molecule has 0 fully saturated rings. The van der Waals surface area contributed by atoms with Crippen LogP contribution in [0, 0.1) is 11.3 Å². The molecule has 2 aromatic carbocycles. The fraction of sp³-hybridized carbons (Fsp3) is 0.208. The molecular weight excluding hydrogens is 410 g/mol. The fourth-order valence-corrected chi connectivity index (χ4v) is 5.40. The van der Waals surface area contributed by atoms with Crippen LogP contribution in [0.25, 0.3) is 0 Å². The summed E-state index contributed by atoms with van der Waals surface area (Å²) in [6.45, 7) is 3.98. The number of aromatic nitrogens is 1. The van der Waals surface area contributed by atoms with Crippen LogP contribution in [0.2, 0.25) is 0 Å². The lowest BCUT2D eigenvalue weighted by molar-refractivity contribution is -0.117. The molecule has 2 heterocycles. The fourth-order valence-electron chi connectivity index (χ4n) is 3.39. The summed E-state index contributed by atoms with van der Waals surface area (Å²) in [4.78, 5) is 22.2. The number of anilines is 2. The Morgan fingerprint density at radius 3 is 2.33 bits per heavy atom. The summed E-state index contributed by atoms with van der Waals surface area (Å²) in [6, 6.07) is 21.8. The number of amides is 1. The van der Waals surface area contributed by atoms with Gasteiger partial charge in [0.2, 0.25) is 5.91 Å². The van der Waals surface area contributed by atoms with E-state index >= 15 is 0 Å². The van der Waals surface area contributed by atoms with Crippen molar-refractivity contribution in [2.24, 2.45) is 0 Å². The average molecular weight is 432 g/mol. The number of nitriles is 1. The van der Waals surface area contributed by atoms with E-state index in [1.54, 1.807) is 22.7 Å². The molecule has 0 saturated carbocycles. The van der Waals surface area contributed by atoms with Crippen LogP contribution in [0.4, 0.5) is 11.4 Å². The maximum Gasteiger partial charge on any atom is 0.244 e. The van der Waals surface area contributed by atoms with E-state index in [-0.39, 0.29) is 5.91 Å². The number of aryl methyl sites for hydroxylation is 1. The third-order valence-electron chi connectivity index (χ3n) is 4.83. The van der Waals surface area contributed by atoms with E-state index in [1.165, 1.54) is 11.8 Å². The van der Waals surface area contributed by atoms with Gasteiger partial charge in [-0.05, 0) is 49.7 Å². The summed E-state index contributed by atoms with van der Waals surface area (Å²) in [6.07, 6.45) is 1.84. The van der Waals surface area contributed by atoms with Gasteiger partial charge in [0.25, 0.3) is 0 Å². The first-order valence-corrected chi connectivity index (χ1v) is 11.6. The van der Waals surface area contributed by atoms with E-state index in [0.29, 0.717) is 10.6 Å². The van der Waals surface area contributed by atoms with Gasteiger partial charge in [-0.25, -0.2) is 4.98 Å². The van der Waals surface area contributed by atoms with Gasteiger partial charge in [0.15, 0.2) is 0 Å². The lowest BCUT2D eigenvalue weighted by Gasteiger charge is -2.32. The summed E-state index contributed by atoms with van der Waals surface area (Å²) < 4.78 is 0. The van der Waals surface area contributed by atoms with Gasteiger partial charge in [-0.2, -0.15) is 5.26 Å². The van der Waals surface area contributed by atoms with Gasteiger partial charge in [-0.15, -0.1) is 0 Å². The third-order valence-corrected chi connectivity index (χ3v) is 7.05. The van der Waals surface area contributed by atoms with E-state index < -0.39 is 5.25 Å². The van der Waals surface area contributed by atoms with Crippen LogP contribution in [0.1, 0.15) is 31.5 Å². The molecule has 30 heavy (non-hydrogen) atoms. The van der Waals surface area contributed by atoms with E-state index in [0.717, 1.165) is 39.7 Å². The second-order valence-corrected chi connectivity index (χ2v) is 9.40. The number of hydrogen-bond acceptors (Lipinski definition) is 5. The van der Waals surface area contributed by atoms with E-state index in [9.17, 15) is 10.1 Å². The molecule has 1 atom stereocenters. The van der Waals surface area contributed by atoms with Crippen molar-refractivity contribution in [2.45, 2.75) is 46.8 Å². The first-order valence-electron chi connectivity index (χ1n) is 9.89. The molecule has 4 nitrogen and oxygen atoms in total. The predicted molar refractivity (Wildman–Crippen MR) is 122 cm³/mol. The maximum atomic E-state index is 13.6. The van der Waals surface area contributed by atoms with Crippen LogP contribution < -0.4 is 4.90 Å². The van der Waals surface area contributed by atoms with E-state index in [2.05, 4.69) is 18.0 Å². The Hall–Kier alpha value is -2.75. The van der Waals surface area contributed by atoms with Crippen molar-refractivity contribution >= 4 is 40.8 Å². The van der Waals surface area contributed by atoms with Crippen molar-refractivity contribution in [2.75, 3.05) is 4.90 Å². The first kappa shape index (κ1) is 20.5. The van der Waals surface area contributed by atoms with Gasteiger partial charge in [0.05, 0.1) is 22.2 Å². The van der Waals surface area contributed by atoms with Crippen molar-refractivity contribution in [3.8, 4) is 6.07 Å². The van der Waals surface area contributed by atoms with Gasteiger partial charge in [0.1, 0.15) is 11.1 Å². The van der Waals surface area contributed by atoms with Gasteiger partial charge >= 0.3 is 0 Å². The number of thioether (sulfide) groups is 1. The molecule has 1 aliphatic heterocycles. The Morgan fingerprint density at radius 2 is 1.73 bits per heavy atom. The highest BCUT2D eigenvalue weighted by atomic mass is 32.2. The maximum absolute atomic E-state index is 13.6. The minimum atomic E-state index is -0.398. The zero-order chi connectivity index (χ0) is 21.1. The van der Waals surface area contributed by atoms with Gasteiger partial charge < -0.3 is 0 Å². The second-order valence-electron chi connectivity index (χ2n) is 6.99. The molecule has 0 radical (unpaired) electrons. The average Bonchev–Trinajstić information content (AvgIpc) is 2.77. The quantitative estimate of drug-likeness (QED) is 0.449. The number of hydrogen-bond donors (Lipinski definition) is 0. The van der Waals surface area contributed by atoms with Crippen LogP contribution in [-0.2, 0) is 11.2 Å². The number of fused-ring (bicyclic) bond motifs is 2. The lowest BCUT2D eigenvalue weighted by atomic mass is 10.2. The number of carbonyl (C=O) groups excluding carboxylic acids is 1. The molecule has 0 saturated heterocycles. The largest absolute Gasteiger partial charge is 0.278 e. The molecule has 3 aromatic rings. The Balaban J connectivity index is 1.67. The van der Waals surface area contributed by atoms with E-state index in [4.69, 9.17) is 0 Å². The van der Waals surface area contributed by atoms with Gasteiger partial charge in [-0.3, -0.25) is 9.69 Å². The molecule has 4 rings (SSSR count). The third kappa shape index (κ3) is 3.96. The predicted octanol–water partition coefficient (Wildman–Crippen LogP) is 6.22. The highest BCUT2D eigenvalue weighted by Crippen LogP contribution is 2.48. The van der Waals surface area contributed by atoms with Crippen LogP contribution in [-0.4, -0.2) is 16.1 Å². The van der Waals surface area contributed by atoms with Crippen LogP contribution in [0.3, 0.4) is 0 Å². The molecular formula is C24H21N3OS2. The standard InChI is InChI=1S/C24H21N3OS2/c1-3-8-18-14-13-17(15-25)23(26-18)29-16(2)24(28)27-19-9-4-6-11-21(19)30-22-12-7-5-10-20(22)27/h4-7,9-14,16H,3,8H2,1-2H3. The Kier molecular flexibility index (Phi) is 6.12. The molecule has 1 amide bonds. The lowest BCUT2D eigenvalue weighted by Crippen LogP contribution is -2.34. The highest BCUT2D eigenvalue weighted by Gasteiger charge is 2.31. The zero-order valence-corrected chi connectivity index (χ0v) is 18.5. The molecule has 1 aliphatic rings. The van der Waals surface area contributed by atoms with Crippen molar-refractivity contribution in [1.82, 2.24) is 4.98 Å². The summed E-state index contributed by atoms with van der Waals surface area (Å²) in [5.41, 5.74) is 3.25. The zero-order valence-electron chi connectivity index (χ0n) is 16.8. The molecule has 1 unspecified atom stereocenters. The van der Waals surface area contributed by atoms with Crippen molar-refractivity contribution in [1.29, 1.82) is 5.26 Å². The van der Waals surface area contributed by atoms with Crippen molar-refractivity contribution < 1.29 is 4.79 Å². The number of pyridine rings is 1. The topological polar surface area (TPSA) is 57.0 Å². The second kappa shape index (κ2) is 8.95. The molecule has 0 bridgehead atoms. The highest BCUT2D eigenvalue weighted by molar-refractivity contribution is 8.00. The van der Waals surface area contributed by atoms with Crippen LogP contribution in [0.5, 0.6) is 0 Å². The van der Waals surface area contributed by atoms with E-state index in [1.807, 2.05) is 61.5 Å². The monoisotopic (exact) mass is 431 g/mol. The Bertz CT molecular complexity index is 1090. The Labute approximate surface area is 185 Å². The summed E-state index contributed by atoms with van der Waals surface area (Å²) >= 11 is 3.03. The summed E-state index contributed by atoms with van der Waals surface area (Å²) in [5.74, 6) is -0.0215. The molecule has 6 heteroatoms. The van der Waals surface area contributed by atoms with Crippen molar-refractivity contribution in [3.63, 3.8) is 0 Å². The molecule has 0 spiro atoms. The number of nitrogens with zero attached hydrogens (tertiary/aromatic N) is 3. The number of benzene rings is 2. The number of rotatable bonds is 5. The molecule has 0 N–H and O–H groups in total. The molecule has 0 aliphatic carbocycles. The smallest absolute Gasteiger partial charge is 0.244 e. The normalized spacial score (nSPS) is 13.2. The van der Waals surface area contributed by atoms with Gasteiger partial charge in [0, 0.05) is 15.5 Å². The minimum Gasteiger partial charge on any atom is -0.278 e. The Morgan fingerprint density at radius 1 is 1.10 bits per heavy atom. The number of para-hydroxylation sites is 2. The molecule has 150 valence electrons. The summed E-state index contributed by atoms with van der Waals surface area (Å²) in [7, 11) is 0. The van der Waals surface area contributed by atoms with Crippen molar-refractivity contribution in [3.05, 3.63) is 71.9 Å². The molecule has 1 aromatic heterocycles.